The van der Waals surface area contributed by atoms with Crippen molar-refractivity contribution in [3.63, 3.8) is 0 Å². The highest BCUT2D eigenvalue weighted by Gasteiger charge is 2.27. The highest BCUT2D eigenvalue weighted by atomic mass is 35.5. The maximum atomic E-state index is 13.4. The summed E-state index contributed by atoms with van der Waals surface area (Å²) in [6, 6.07) is 9.81. The SMILES string of the molecule is COc1ccc(C)c2sc(N(CCCN(C)C)C(=O)c3ccccc3[N+](=O)[O-])nc12.Cl. The van der Waals surface area contributed by atoms with Gasteiger partial charge in [-0.25, -0.2) is 4.98 Å². The molecule has 0 fully saturated rings. The summed E-state index contributed by atoms with van der Waals surface area (Å²) in [4.78, 5) is 32.6. The highest BCUT2D eigenvalue weighted by molar-refractivity contribution is 7.22. The maximum Gasteiger partial charge on any atom is 0.282 e. The number of thiazole rings is 1. The Hall–Kier alpha value is -2.75. The van der Waals surface area contributed by atoms with Gasteiger partial charge in [0.15, 0.2) is 5.13 Å². The molecule has 0 bridgehead atoms. The summed E-state index contributed by atoms with van der Waals surface area (Å²) >= 11 is 1.39. The highest BCUT2D eigenvalue weighted by Crippen LogP contribution is 2.37. The Morgan fingerprint density at radius 2 is 1.90 bits per heavy atom. The van der Waals surface area contributed by atoms with Crippen molar-refractivity contribution in [3.8, 4) is 5.75 Å². The van der Waals surface area contributed by atoms with Gasteiger partial charge in [0, 0.05) is 12.6 Å². The lowest BCUT2D eigenvalue weighted by Gasteiger charge is -2.21. The van der Waals surface area contributed by atoms with Crippen LogP contribution in [0.15, 0.2) is 36.4 Å². The number of nitro benzene ring substituents is 1. The number of ether oxygens (including phenoxy) is 1. The predicted molar refractivity (Wildman–Crippen MR) is 126 cm³/mol. The van der Waals surface area contributed by atoms with Crippen LogP contribution < -0.4 is 9.64 Å². The average molecular weight is 465 g/mol. The molecule has 0 saturated carbocycles. The summed E-state index contributed by atoms with van der Waals surface area (Å²) in [7, 11) is 5.50. The van der Waals surface area contributed by atoms with Gasteiger partial charge in [0.1, 0.15) is 16.8 Å². The smallest absolute Gasteiger partial charge is 0.282 e. The van der Waals surface area contributed by atoms with Crippen LogP contribution in [0, 0.1) is 17.0 Å². The normalized spacial score (nSPS) is 10.7. The standard InChI is InChI=1S/C21H24N4O4S.ClH/c1-14-10-11-17(29-4)18-19(14)30-21(22-18)24(13-7-12-23(2)3)20(26)15-8-5-6-9-16(15)25(27)28;/h5-6,8-11H,7,12-13H2,1-4H3;1H. The number of para-hydroxylation sites is 1. The van der Waals surface area contributed by atoms with Crippen molar-refractivity contribution >= 4 is 50.7 Å². The molecule has 166 valence electrons. The average Bonchev–Trinajstić information content (AvgIpc) is 3.17. The minimum atomic E-state index is -0.531. The number of carbonyl (C=O) groups excluding carboxylic acids is 1. The second kappa shape index (κ2) is 10.5. The molecule has 0 aliphatic rings. The van der Waals surface area contributed by atoms with Crippen LogP contribution >= 0.6 is 23.7 Å². The molecule has 0 atom stereocenters. The van der Waals surface area contributed by atoms with Gasteiger partial charge in [0.05, 0.1) is 16.7 Å². The fraction of sp³-hybridized carbons (Fsp3) is 0.333. The van der Waals surface area contributed by atoms with E-state index in [4.69, 9.17) is 4.74 Å². The molecule has 10 heteroatoms. The predicted octanol–water partition coefficient (Wildman–Crippen LogP) is 4.54. The van der Waals surface area contributed by atoms with Gasteiger partial charge in [-0.3, -0.25) is 19.8 Å². The first-order valence-corrected chi connectivity index (χ1v) is 10.3. The number of hydrogen-bond acceptors (Lipinski definition) is 7. The lowest BCUT2D eigenvalue weighted by atomic mass is 10.1. The summed E-state index contributed by atoms with van der Waals surface area (Å²) in [6.07, 6.45) is 0.700. The van der Waals surface area contributed by atoms with Crippen molar-refractivity contribution < 1.29 is 14.5 Å². The molecule has 0 N–H and O–H groups in total. The molecule has 3 rings (SSSR count). The van der Waals surface area contributed by atoms with Gasteiger partial charge < -0.3 is 9.64 Å². The Kier molecular flexibility index (Phi) is 8.32. The molecule has 1 heterocycles. The number of amides is 1. The molecule has 3 aromatic rings. The molecule has 0 unspecified atom stereocenters. The van der Waals surface area contributed by atoms with Crippen molar-refractivity contribution in [3.05, 3.63) is 57.6 Å². The molecule has 0 aliphatic heterocycles. The molecule has 1 aromatic heterocycles. The topological polar surface area (TPSA) is 88.8 Å². The van der Waals surface area contributed by atoms with E-state index in [1.165, 1.54) is 28.4 Å². The number of hydrogen-bond donors (Lipinski definition) is 0. The number of nitrogens with zero attached hydrogens (tertiary/aromatic N) is 4. The Labute approximate surface area is 191 Å². The van der Waals surface area contributed by atoms with Crippen LogP contribution in [0.5, 0.6) is 5.75 Å². The zero-order chi connectivity index (χ0) is 21.8. The second-order valence-electron chi connectivity index (χ2n) is 7.15. The number of carbonyl (C=O) groups is 1. The number of halogens is 1. The van der Waals surface area contributed by atoms with Gasteiger partial charge in [-0.2, -0.15) is 0 Å². The molecule has 8 nitrogen and oxygen atoms in total. The van der Waals surface area contributed by atoms with Crippen LogP contribution in [-0.4, -0.2) is 55.0 Å². The Morgan fingerprint density at radius 3 is 2.55 bits per heavy atom. The van der Waals surface area contributed by atoms with Crippen LogP contribution in [0.3, 0.4) is 0 Å². The van der Waals surface area contributed by atoms with Crippen LogP contribution in [0.25, 0.3) is 10.2 Å². The molecule has 2 aromatic carbocycles. The minimum Gasteiger partial charge on any atom is -0.494 e. The van der Waals surface area contributed by atoms with E-state index in [2.05, 4.69) is 4.98 Å². The number of benzene rings is 2. The first kappa shape index (κ1) is 24.5. The second-order valence-corrected chi connectivity index (χ2v) is 8.12. The first-order chi connectivity index (χ1) is 14.3. The zero-order valence-electron chi connectivity index (χ0n) is 17.8. The van der Waals surface area contributed by atoms with Gasteiger partial charge in [0.2, 0.25) is 0 Å². The summed E-state index contributed by atoms with van der Waals surface area (Å²) < 4.78 is 6.36. The first-order valence-electron chi connectivity index (χ1n) is 9.47. The van der Waals surface area contributed by atoms with E-state index in [1.807, 2.05) is 38.1 Å². The third-order valence-electron chi connectivity index (χ3n) is 4.71. The summed E-state index contributed by atoms with van der Waals surface area (Å²) in [6.45, 7) is 3.14. The summed E-state index contributed by atoms with van der Waals surface area (Å²) in [5.74, 6) is 0.196. The van der Waals surface area contributed by atoms with Gasteiger partial charge in [-0.05, 0) is 51.7 Å². The third kappa shape index (κ3) is 5.30. The molecular formula is C21H25ClN4O4S. The summed E-state index contributed by atoms with van der Waals surface area (Å²) in [5.41, 5.74) is 1.55. The fourth-order valence-corrected chi connectivity index (χ4v) is 4.24. The maximum absolute atomic E-state index is 13.4. The summed E-state index contributed by atoms with van der Waals surface area (Å²) in [5, 5.41) is 12.0. The molecule has 1 amide bonds. The van der Waals surface area contributed by atoms with Crippen LogP contribution in [0.4, 0.5) is 10.8 Å². The molecule has 0 spiro atoms. The van der Waals surface area contributed by atoms with Gasteiger partial charge in [0.25, 0.3) is 11.6 Å². The van der Waals surface area contributed by atoms with E-state index in [0.29, 0.717) is 29.4 Å². The van der Waals surface area contributed by atoms with Gasteiger partial charge in [-0.15, -0.1) is 12.4 Å². The molecule has 0 radical (unpaired) electrons. The number of fused-ring (bicyclic) bond motifs is 1. The third-order valence-corrected chi connectivity index (χ3v) is 5.92. The number of nitro groups is 1. The van der Waals surface area contributed by atoms with Crippen molar-refractivity contribution in [2.45, 2.75) is 13.3 Å². The van der Waals surface area contributed by atoms with Gasteiger partial charge >= 0.3 is 0 Å². The largest absolute Gasteiger partial charge is 0.494 e. The number of rotatable bonds is 8. The quantitative estimate of drug-likeness (QED) is 0.359. The number of aryl methyl sites for hydroxylation is 1. The van der Waals surface area contributed by atoms with Crippen molar-refractivity contribution in [2.24, 2.45) is 0 Å². The fourth-order valence-electron chi connectivity index (χ4n) is 3.17. The van der Waals surface area contributed by atoms with Crippen molar-refractivity contribution in [2.75, 3.05) is 39.2 Å². The lowest BCUT2D eigenvalue weighted by molar-refractivity contribution is -0.385. The van der Waals surface area contributed by atoms with E-state index >= 15 is 0 Å². The Morgan fingerprint density at radius 1 is 1.19 bits per heavy atom. The Bertz CT molecular complexity index is 1090. The van der Waals surface area contributed by atoms with Crippen LogP contribution in [-0.2, 0) is 0 Å². The van der Waals surface area contributed by atoms with Crippen molar-refractivity contribution in [1.29, 1.82) is 0 Å². The number of anilines is 1. The van der Waals surface area contributed by atoms with E-state index < -0.39 is 10.8 Å². The van der Waals surface area contributed by atoms with Crippen LogP contribution in [0.2, 0.25) is 0 Å². The zero-order valence-corrected chi connectivity index (χ0v) is 19.5. The van der Waals surface area contributed by atoms with E-state index in [9.17, 15) is 14.9 Å². The molecule has 31 heavy (non-hydrogen) atoms. The van der Waals surface area contributed by atoms with Crippen LogP contribution in [0.1, 0.15) is 22.3 Å². The van der Waals surface area contributed by atoms with Crippen molar-refractivity contribution in [1.82, 2.24) is 9.88 Å². The minimum absolute atomic E-state index is 0. The number of methoxy groups -OCH3 is 1. The Balaban J connectivity index is 0.00000341. The van der Waals surface area contributed by atoms with Gasteiger partial charge in [-0.1, -0.05) is 29.5 Å². The molecule has 0 aliphatic carbocycles. The van der Waals surface area contributed by atoms with E-state index in [1.54, 1.807) is 19.2 Å². The van der Waals surface area contributed by atoms with E-state index in [0.717, 1.165) is 16.8 Å². The monoisotopic (exact) mass is 464 g/mol. The lowest BCUT2D eigenvalue weighted by Crippen LogP contribution is -2.33. The molecule has 0 saturated heterocycles. The number of aromatic nitrogens is 1. The van der Waals surface area contributed by atoms with E-state index in [-0.39, 0.29) is 23.7 Å². The molecular weight excluding hydrogens is 440 g/mol.